The van der Waals surface area contributed by atoms with E-state index in [1.54, 1.807) is 0 Å². The summed E-state index contributed by atoms with van der Waals surface area (Å²) < 4.78 is 0.985. The molecule has 0 spiro atoms. The van der Waals surface area contributed by atoms with E-state index in [1.807, 2.05) is 0 Å². The first-order valence-electron chi connectivity index (χ1n) is 7.95. The molecule has 0 aliphatic rings. The summed E-state index contributed by atoms with van der Waals surface area (Å²) in [6.45, 7) is 11.0. The molecule has 2 nitrogen and oxygen atoms in total. The Balaban J connectivity index is 2.35. The van der Waals surface area contributed by atoms with Crippen molar-refractivity contribution in [2.24, 2.45) is 16.8 Å². The van der Waals surface area contributed by atoms with Gasteiger partial charge in [-0.05, 0) is 0 Å². The van der Waals surface area contributed by atoms with Crippen LogP contribution in [-0.2, 0) is 0 Å². The zero-order valence-corrected chi connectivity index (χ0v) is 15.6. The molecule has 0 aromatic heterocycles. The van der Waals surface area contributed by atoms with Gasteiger partial charge in [0, 0.05) is 0 Å². The van der Waals surface area contributed by atoms with Crippen molar-refractivity contribution in [3.63, 3.8) is 0 Å². The van der Waals surface area contributed by atoms with Gasteiger partial charge in [0.25, 0.3) is 0 Å². The SMILES string of the molecule is CC(C)CN(CC(C)C)C([Se])=Nc1cccc2ccccc12. The summed E-state index contributed by atoms with van der Waals surface area (Å²) in [5.74, 6) is 1.23. The molecule has 2 rings (SSSR count). The molecule has 0 saturated carbocycles. The summed E-state index contributed by atoms with van der Waals surface area (Å²) >= 11 is 3.18. The predicted molar refractivity (Wildman–Crippen MR) is 98.0 cm³/mol. The third-order valence-electron chi connectivity index (χ3n) is 3.42. The molecule has 0 aliphatic heterocycles. The van der Waals surface area contributed by atoms with Gasteiger partial charge >= 0.3 is 142 Å². The Labute approximate surface area is 142 Å². The molecular formula is C19H25N2Se. The summed E-state index contributed by atoms with van der Waals surface area (Å²) in [5.41, 5.74) is 1.03. The van der Waals surface area contributed by atoms with Gasteiger partial charge in [-0.2, -0.15) is 0 Å². The van der Waals surface area contributed by atoms with Gasteiger partial charge in [0.2, 0.25) is 0 Å². The first kappa shape index (κ1) is 17.0. The first-order chi connectivity index (χ1) is 10.5. The molecule has 0 saturated heterocycles. The predicted octanol–water partition coefficient (Wildman–Crippen LogP) is 4.61. The molecule has 0 fully saturated rings. The minimum atomic E-state index is 0.616. The van der Waals surface area contributed by atoms with E-state index in [0.29, 0.717) is 11.8 Å². The average molecular weight is 360 g/mol. The van der Waals surface area contributed by atoms with Gasteiger partial charge in [0.15, 0.2) is 0 Å². The van der Waals surface area contributed by atoms with Gasteiger partial charge in [-0.15, -0.1) is 0 Å². The van der Waals surface area contributed by atoms with Crippen LogP contribution in [0.25, 0.3) is 10.8 Å². The molecule has 117 valence electrons. The summed E-state index contributed by atoms with van der Waals surface area (Å²) in [4.78, 5) is 7.24. The number of benzene rings is 2. The van der Waals surface area contributed by atoms with Crippen molar-refractivity contribution in [3.8, 4) is 0 Å². The van der Waals surface area contributed by atoms with Crippen LogP contribution in [0.15, 0.2) is 47.5 Å². The molecule has 0 bridgehead atoms. The third kappa shape index (κ3) is 4.59. The van der Waals surface area contributed by atoms with Crippen molar-refractivity contribution in [2.75, 3.05) is 13.1 Å². The summed E-state index contributed by atoms with van der Waals surface area (Å²) in [6.07, 6.45) is 0. The molecule has 2 aromatic rings. The maximum absolute atomic E-state index is 4.88. The molecule has 0 heterocycles. The number of nitrogens with zero attached hydrogens (tertiary/aromatic N) is 2. The second-order valence-electron chi connectivity index (χ2n) is 6.59. The fourth-order valence-electron chi connectivity index (χ4n) is 2.59. The summed E-state index contributed by atoms with van der Waals surface area (Å²) in [6, 6.07) is 14.7. The van der Waals surface area contributed by atoms with Crippen molar-refractivity contribution in [1.82, 2.24) is 4.90 Å². The van der Waals surface area contributed by atoms with E-state index in [-0.39, 0.29) is 0 Å². The molecule has 0 N–H and O–H groups in total. The van der Waals surface area contributed by atoms with Crippen LogP contribution in [0.3, 0.4) is 0 Å². The molecule has 2 aromatic carbocycles. The fourth-order valence-corrected chi connectivity index (χ4v) is 3.11. The zero-order valence-electron chi connectivity index (χ0n) is 13.9. The molecule has 0 unspecified atom stereocenters. The van der Waals surface area contributed by atoms with Crippen molar-refractivity contribution >= 4 is 37.2 Å². The molecule has 22 heavy (non-hydrogen) atoms. The maximum atomic E-state index is 4.88. The second-order valence-corrected chi connectivity index (χ2v) is 7.35. The van der Waals surface area contributed by atoms with Gasteiger partial charge in [-0.25, -0.2) is 0 Å². The van der Waals surface area contributed by atoms with Crippen LogP contribution in [0, 0.1) is 11.8 Å². The minimum absolute atomic E-state index is 0.616. The van der Waals surface area contributed by atoms with Crippen LogP contribution in [-0.4, -0.2) is 38.7 Å². The van der Waals surface area contributed by atoms with E-state index < -0.39 is 0 Å². The Kier molecular flexibility index (Phi) is 6.05. The van der Waals surface area contributed by atoms with Crippen molar-refractivity contribution < 1.29 is 0 Å². The normalized spacial score (nSPS) is 12.4. The van der Waals surface area contributed by atoms with E-state index in [9.17, 15) is 0 Å². The van der Waals surface area contributed by atoms with Gasteiger partial charge in [-0.1, -0.05) is 0 Å². The van der Waals surface area contributed by atoms with Crippen LogP contribution in [0.4, 0.5) is 5.69 Å². The van der Waals surface area contributed by atoms with Gasteiger partial charge < -0.3 is 0 Å². The average Bonchev–Trinajstić information content (AvgIpc) is 2.46. The molecule has 0 amide bonds. The molecule has 0 atom stereocenters. The second kappa shape index (κ2) is 7.80. The first-order valence-corrected chi connectivity index (χ1v) is 8.81. The van der Waals surface area contributed by atoms with Crippen LogP contribution in [0.2, 0.25) is 0 Å². The van der Waals surface area contributed by atoms with Gasteiger partial charge in [-0.3, -0.25) is 0 Å². The molecule has 1 radical (unpaired) electrons. The molecular weight excluding hydrogens is 335 g/mol. The monoisotopic (exact) mass is 361 g/mol. The molecule has 3 heteroatoms. The quantitative estimate of drug-likeness (QED) is 0.432. The van der Waals surface area contributed by atoms with Crippen molar-refractivity contribution in [1.29, 1.82) is 0 Å². The molecule has 0 aliphatic carbocycles. The van der Waals surface area contributed by atoms with E-state index in [1.165, 1.54) is 10.8 Å². The Hall–Kier alpha value is -1.31. The van der Waals surface area contributed by atoms with Crippen LogP contribution in [0.1, 0.15) is 27.7 Å². The van der Waals surface area contributed by atoms with E-state index in [2.05, 4.69) is 91.1 Å². The number of fused-ring (bicyclic) bond motifs is 1. The van der Waals surface area contributed by atoms with E-state index in [4.69, 9.17) is 4.99 Å². The van der Waals surface area contributed by atoms with E-state index >= 15 is 0 Å². The Bertz CT molecular complexity index is 631. The number of aliphatic imine (C=N–C) groups is 1. The number of hydrogen-bond acceptors (Lipinski definition) is 1. The Morgan fingerprint density at radius 3 is 2.18 bits per heavy atom. The summed E-state index contributed by atoms with van der Waals surface area (Å²) in [7, 11) is 0. The van der Waals surface area contributed by atoms with E-state index in [0.717, 1.165) is 23.5 Å². The number of hydrogen-bond donors (Lipinski definition) is 0. The van der Waals surface area contributed by atoms with Crippen LogP contribution in [0.5, 0.6) is 0 Å². The zero-order chi connectivity index (χ0) is 16.1. The Morgan fingerprint density at radius 2 is 1.55 bits per heavy atom. The Morgan fingerprint density at radius 1 is 0.955 bits per heavy atom. The standard InChI is InChI=1S/C19H25N2Se/c1-14(2)12-21(13-15(3)4)19(22)20-18-11-7-9-16-8-5-6-10-17(16)18/h5-11,14-15H,12-13H2,1-4H3. The van der Waals surface area contributed by atoms with Crippen molar-refractivity contribution in [3.05, 3.63) is 42.5 Å². The van der Waals surface area contributed by atoms with Crippen molar-refractivity contribution in [2.45, 2.75) is 27.7 Å². The topological polar surface area (TPSA) is 15.6 Å². The van der Waals surface area contributed by atoms with Gasteiger partial charge in [0.1, 0.15) is 0 Å². The number of amidine groups is 1. The third-order valence-corrected chi connectivity index (χ3v) is 4.16. The fraction of sp³-hybridized carbons (Fsp3) is 0.421. The van der Waals surface area contributed by atoms with Crippen LogP contribution >= 0.6 is 0 Å². The van der Waals surface area contributed by atoms with Crippen LogP contribution < -0.4 is 0 Å². The summed E-state index contributed by atoms with van der Waals surface area (Å²) in [5, 5.41) is 2.43. The van der Waals surface area contributed by atoms with Gasteiger partial charge in [0.05, 0.1) is 0 Å². The number of rotatable bonds is 5.